The van der Waals surface area contributed by atoms with Gasteiger partial charge in [-0.05, 0) is 127 Å². The van der Waals surface area contributed by atoms with Gasteiger partial charge in [-0.3, -0.25) is 0 Å². The molecule has 3 fully saturated rings. The molecule has 4 rings (SSSR count). The normalized spacial score (nSPS) is 50.5. The zero-order valence-electron chi connectivity index (χ0n) is 23.2. The number of hydrogen-bond acceptors (Lipinski definition) is 4. The van der Waals surface area contributed by atoms with E-state index in [-0.39, 0.29) is 28.8 Å². The molecule has 4 heteroatoms. The van der Waals surface area contributed by atoms with Crippen LogP contribution < -0.4 is 0 Å². The van der Waals surface area contributed by atoms with Crippen LogP contribution in [-0.2, 0) is 4.74 Å². The zero-order valence-corrected chi connectivity index (χ0v) is 23.2. The van der Waals surface area contributed by atoms with Crippen molar-refractivity contribution >= 4 is 0 Å². The summed E-state index contributed by atoms with van der Waals surface area (Å²) in [6.07, 6.45) is 9.94. The highest BCUT2D eigenvalue weighted by atomic mass is 16.5. The Morgan fingerprint density at radius 3 is 2.12 bits per heavy atom. The third-order valence-corrected chi connectivity index (χ3v) is 11.5. The molecule has 0 bridgehead atoms. The van der Waals surface area contributed by atoms with E-state index in [1.54, 1.807) is 0 Å². The van der Waals surface area contributed by atoms with Crippen LogP contribution in [0.25, 0.3) is 0 Å². The third-order valence-electron chi connectivity index (χ3n) is 11.5. The van der Waals surface area contributed by atoms with Crippen molar-refractivity contribution in [1.82, 2.24) is 0 Å². The number of hydrogen-bond donors (Lipinski definition) is 3. The number of allylic oxidation sites excluding steroid dienone is 2. The maximum atomic E-state index is 11.8. The Hall–Kier alpha value is -0.420. The summed E-state index contributed by atoms with van der Waals surface area (Å²) < 4.78 is 6.59. The van der Waals surface area contributed by atoms with E-state index in [1.165, 1.54) is 5.57 Å². The number of rotatable bonds is 3. The van der Waals surface area contributed by atoms with Crippen molar-refractivity contribution in [2.75, 3.05) is 0 Å². The van der Waals surface area contributed by atoms with Crippen LogP contribution in [0.3, 0.4) is 0 Å². The fourth-order valence-corrected chi connectivity index (χ4v) is 9.17. The molecule has 0 aromatic carbocycles. The van der Waals surface area contributed by atoms with E-state index in [0.717, 1.165) is 51.4 Å². The van der Waals surface area contributed by atoms with Crippen LogP contribution in [0.1, 0.15) is 113 Å². The van der Waals surface area contributed by atoms with E-state index in [4.69, 9.17) is 4.74 Å². The highest BCUT2D eigenvalue weighted by Crippen LogP contribution is 2.59. The Bertz CT molecular complexity index is 794. The molecule has 0 unspecified atom stereocenters. The van der Waals surface area contributed by atoms with Crippen LogP contribution in [-0.4, -0.2) is 44.3 Å². The minimum atomic E-state index is -0.761. The Morgan fingerprint density at radius 2 is 1.44 bits per heavy atom. The summed E-state index contributed by atoms with van der Waals surface area (Å²) in [6, 6.07) is 0. The Labute approximate surface area is 208 Å². The van der Waals surface area contributed by atoms with Gasteiger partial charge in [0.15, 0.2) is 0 Å². The first kappa shape index (κ1) is 26.6. The fraction of sp³-hybridized carbons (Fsp3) is 0.933. The molecule has 0 aromatic rings. The largest absolute Gasteiger partial charge is 0.390 e. The molecule has 0 amide bonds. The van der Waals surface area contributed by atoms with Gasteiger partial charge in [0.2, 0.25) is 0 Å². The van der Waals surface area contributed by atoms with E-state index in [1.807, 2.05) is 20.8 Å². The second kappa shape index (κ2) is 8.57. The van der Waals surface area contributed by atoms with Gasteiger partial charge >= 0.3 is 0 Å². The van der Waals surface area contributed by atoms with Crippen LogP contribution in [0, 0.1) is 34.5 Å². The lowest BCUT2D eigenvalue weighted by atomic mass is 9.54. The van der Waals surface area contributed by atoms with Gasteiger partial charge in [0.1, 0.15) is 0 Å². The van der Waals surface area contributed by atoms with Gasteiger partial charge in [-0.15, -0.1) is 0 Å². The third kappa shape index (κ3) is 4.33. The van der Waals surface area contributed by atoms with Gasteiger partial charge in [0.25, 0.3) is 0 Å². The van der Waals surface area contributed by atoms with E-state index >= 15 is 0 Å². The van der Waals surface area contributed by atoms with E-state index < -0.39 is 22.9 Å². The molecule has 3 N–H and O–H groups in total. The van der Waals surface area contributed by atoms with Crippen LogP contribution in [0.15, 0.2) is 11.6 Å². The van der Waals surface area contributed by atoms with Crippen molar-refractivity contribution in [1.29, 1.82) is 0 Å². The van der Waals surface area contributed by atoms with Crippen molar-refractivity contribution in [2.24, 2.45) is 34.5 Å². The summed E-state index contributed by atoms with van der Waals surface area (Å²) in [5.74, 6) is 1.43. The molecule has 4 nitrogen and oxygen atoms in total. The summed E-state index contributed by atoms with van der Waals surface area (Å²) in [5.41, 5.74) is -0.679. The highest BCUT2D eigenvalue weighted by molar-refractivity contribution is 5.18. The Morgan fingerprint density at radius 1 is 0.853 bits per heavy atom. The monoisotopic (exact) mass is 476 g/mol. The first-order valence-corrected chi connectivity index (χ1v) is 14.0. The van der Waals surface area contributed by atoms with Crippen molar-refractivity contribution in [3.8, 4) is 0 Å². The van der Waals surface area contributed by atoms with Crippen molar-refractivity contribution in [3.63, 3.8) is 0 Å². The summed E-state index contributed by atoms with van der Waals surface area (Å²) in [5, 5.41) is 34.2. The average Bonchev–Trinajstić information content (AvgIpc) is 3.03. The maximum absolute atomic E-state index is 11.8. The number of ether oxygens (including phenoxy) is 1. The summed E-state index contributed by atoms with van der Waals surface area (Å²) in [4.78, 5) is 0. The lowest BCUT2D eigenvalue weighted by Crippen LogP contribution is -2.56. The minimum absolute atomic E-state index is 0.0257. The molecule has 0 spiro atoms. The number of aliphatic hydroxyl groups is 3. The van der Waals surface area contributed by atoms with Crippen molar-refractivity contribution in [2.45, 2.75) is 142 Å². The lowest BCUT2D eigenvalue weighted by Gasteiger charge is -2.55. The summed E-state index contributed by atoms with van der Waals surface area (Å²) in [7, 11) is 0. The van der Waals surface area contributed by atoms with Crippen LogP contribution >= 0.6 is 0 Å². The predicted octanol–water partition coefficient (Wildman–Crippen LogP) is 6.02. The standard InChI is InChI=1S/C30H52O4/c1-19-9-10-21-20(19)13-17-29(7,32)22(26(21,2)3)11-12-23-28(6)16-14-24(31)27(4,5)34-25(28)15-18-30(23,8)33/h9,20-25,31-33H,10-18H2,1-8H3/t20-,21+,22+,23+,24+,25+,28+,29-,30-/m0/s1. The molecule has 9 atom stereocenters. The molecule has 0 radical (unpaired) electrons. The van der Waals surface area contributed by atoms with Gasteiger partial charge in [0.05, 0.1) is 29.0 Å². The zero-order chi connectivity index (χ0) is 25.3. The minimum Gasteiger partial charge on any atom is -0.390 e. The van der Waals surface area contributed by atoms with Crippen LogP contribution in [0.2, 0.25) is 0 Å². The maximum Gasteiger partial charge on any atom is 0.0888 e. The number of aliphatic hydroxyl groups excluding tert-OH is 1. The van der Waals surface area contributed by atoms with Crippen LogP contribution in [0.5, 0.6) is 0 Å². The molecule has 4 aliphatic rings. The Kier molecular flexibility index (Phi) is 6.71. The van der Waals surface area contributed by atoms with Gasteiger partial charge in [-0.1, -0.05) is 32.4 Å². The van der Waals surface area contributed by atoms with E-state index in [0.29, 0.717) is 18.3 Å². The van der Waals surface area contributed by atoms with Gasteiger partial charge < -0.3 is 20.1 Å². The molecule has 0 aromatic heterocycles. The SMILES string of the molecule is CC1=CC[C@@H]2[C@H]1CC[C@](C)(O)[C@H](CC[C@@H]1[C@@]3(C)CC[C@@H](O)C(C)(C)O[C@@H]3CC[C@]1(C)O)C2(C)C. The Balaban J connectivity index is 1.61. The molecular formula is C30H52O4. The van der Waals surface area contributed by atoms with Crippen molar-refractivity contribution in [3.05, 3.63) is 11.6 Å². The van der Waals surface area contributed by atoms with Gasteiger partial charge in [0, 0.05) is 0 Å². The molecular weight excluding hydrogens is 424 g/mol. The molecule has 1 aliphatic heterocycles. The average molecular weight is 477 g/mol. The first-order chi connectivity index (χ1) is 15.5. The number of fused-ring (bicyclic) bond motifs is 2. The van der Waals surface area contributed by atoms with Gasteiger partial charge in [-0.25, -0.2) is 0 Å². The quantitative estimate of drug-likeness (QED) is 0.436. The van der Waals surface area contributed by atoms with Crippen molar-refractivity contribution < 1.29 is 20.1 Å². The molecule has 3 aliphatic carbocycles. The van der Waals surface area contributed by atoms with E-state index in [9.17, 15) is 15.3 Å². The smallest absolute Gasteiger partial charge is 0.0888 e. The summed E-state index contributed by atoms with van der Waals surface area (Å²) >= 11 is 0. The van der Waals surface area contributed by atoms with E-state index in [2.05, 4.69) is 40.7 Å². The predicted molar refractivity (Wildman–Crippen MR) is 137 cm³/mol. The molecule has 34 heavy (non-hydrogen) atoms. The highest BCUT2D eigenvalue weighted by Gasteiger charge is 2.58. The fourth-order valence-electron chi connectivity index (χ4n) is 9.17. The van der Waals surface area contributed by atoms with Crippen LogP contribution in [0.4, 0.5) is 0 Å². The topological polar surface area (TPSA) is 69.9 Å². The molecule has 2 saturated carbocycles. The second-order valence-corrected chi connectivity index (χ2v) is 14.5. The molecule has 196 valence electrons. The summed E-state index contributed by atoms with van der Waals surface area (Å²) in [6.45, 7) is 17.4. The lowest BCUT2D eigenvalue weighted by molar-refractivity contribution is -0.207. The molecule has 1 heterocycles. The van der Waals surface area contributed by atoms with Gasteiger partial charge in [-0.2, -0.15) is 0 Å². The molecule has 1 saturated heterocycles. The first-order valence-electron chi connectivity index (χ1n) is 14.0. The second-order valence-electron chi connectivity index (χ2n) is 14.5.